The lowest BCUT2D eigenvalue weighted by Gasteiger charge is -2.25. The first-order valence-electron chi connectivity index (χ1n) is 9.63. The summed E-state index contributed by atoms with van der Waals surface area (Å²) in [6, 6.07) is 13.4. The van der Waals surface area contributed by atoms with Crippen LogP contribution in [0.3, 0.4) is 0 Å². The zero-order valence-corrected chi connectivity index (χ0v) is 16.4. The van der Waals surface area contributed by atoms with Gasteiger partial charge in [-0.2, -0.15) is 5.06 Å². The van der Waals surface area contributed by atoms with Gasteiger partial charge in [-0.05, 0) is 31.2 Å². The van der Waals surface area contributed by atoms with Crippen LogP contribution in [0.1, 0.15) is 48.4 Å². The van der Waals surface area contributed by atoms with Gasteiger partial charge in [0, 0.05) is 26.2 Å². The van der Waals surface area contributed by atoms with Gasteiger partial charge < -0.3 is 0 Å². The normalized spacial score (nSPS) is 15.4. The molecule has 2 aromatic carbocycles. The molecule has 0 saturated carbocycles. The van der Waals surface area contributed by atoms with Crippen molar-refractivity contribution >= 4 is 23.6 Å². The Morgan fingerprint density at radius 2 is 1.03 bits per heavy atom. The molecule has 0 aromatic heterocycles. The molecule has 4 amide bonds. The third kappa shape index (κ3) is 3.40. The number of amides is 4. The third-order valence-corrected chi connectivity index (χ3v) is 5.16. The number of carbonyl (C=O) groups excluding carboxylic acids is 4. The number of hydrogen-bond acceptors (Lipinski definition) is 6. The SMILES string of the molecule is C[CH]ON(CCN1C(=O)c2ccccc2C1=O)CCN1C(=O)c2ccccc2C1=O. The molecule has 0 bridgehead atoms. The molecule has 2 heterocycles. The number of nitrogens with zero attached hydrogens (tertiary/aromatic N) is 3. The van der Waals surface area contributed by atoms with Gasteiger partial charge in [-0.25, -0.2) is 0 Å². The number of imide groups is 2. The Morgan fingerprint density at radius 1 is 0.700 bits per heavy atom. The molecule has 0 atom stereocenters. The highest BCUT2D eigenvalue weighted by Gasteiger charge is 2.36. The molecule has 0 N–H and O–H groups in total. The topological polar surface area (TPSA) is 87.2 Å². The van der Waals surface area contributed by atoms with Gasteiger partial charge in [0.1, 0.15) is 6.61 Å². The second-order valence-corrected chi connectivity index (χ2v) is 6.89. The quantitative estimate of drug-likeness (QED) is 0.492. The van der Waals surface area contributed by atoms with Gasteiger partial charge in [0.25, 0.3) is 23.6 Å². The van der Waals surface area contributed by atoms with E-state index in [9.17, 15) is 19.2 Å². The van der Waals surface area contributed by atoms with Crippen LogP contribution in [-0.4, -0.2) is 64.7 Å². The first-order chi connectivity index (χ1) is 14.5. The predicted molar refractivity (Wildman–Crippen MR) is 106 cm³/mol. The zero-order chi connectivity index (χ0) is 21.3. The Morgan fingerprint density at radius 3 is 1.33 bits per heavy atom. The lowest BCUT2D eigenvalue weighted by Crippen LogP contribution is -2.42. The minimum absolute atomic E-state index is 0.127. The van der Waals surface area contributed by atoms with E-state index < -0.39 is 0 Å². The Bertz CT molecular complexity index is 885. The third-order valence-electron chi connectivity index (χ3n) is 5.16. The van der Waals surface area contributed by atoms with Gasteiger partial charge >= 0.3 is 0 Å². The van der Waals surface area contributed by atoms with E-state index in [0.717, 1.165) is 0 Å². The van der Waals surface area contributed by atoms with Crippen LogP contribution < -0.4 is 0 Å². The van der Waals surface area contributed by atoms with Gasteiger partial charge in [0.05, 0.1) is 22.3 Å². The van der Waals surface area contributed by atoms with E-state index in [4.69, 9.17) is 4.84 Å². The highest BCUT2D eigenvalue weighted by molar-refractivity contribution is 6.22. The summed E-state index contributed by atoms with van der Waals surface area (Å²) in [5.74, 6) is -1.35. The summed E-state index contributed by atoms with van der Waals surface area (Å²) < 4.78 is 0. The molecule has 1 radical (unpaired) electrons. The fraction of sp³-hybridized carbons (Fsp3) is 0.227. The fourth-order valence-corrected chi connectivity index (χ4v) is 3.67. The minimum atomic E-state index is -0.337. The largest absolute Gasteiger partial charge is 0.293 e. The Hall–Kier alpha value is -3.36. The maximum Gasteiger partial charge on any atom is 0.261 e. The van der Waals surface area contributed by atoms with Crippen molar-refractivity contribution in [1.82, 2.24) is 14.9 Å². The average molecular weight is 406 g/mol. The summed E-state index contributed by atoms with van der Waals surface area (Å²) in [6.07, 6.45) is 0. The van der Waals surface area contributed by atoms with E-state index in [-0.39, 0.29) is 49.8 Å². The molecular formula is C22H20N3O5. The van der Waals surface area contributed by atoms with E-state index in [1.807, 2.05) is 0 Å². The monoisotopic (exact) mass is 406 g/mol. The van der Waals surface area contributed by atoms with Crippen molar-refractivity contribution in [2.24, 2.45) is 0 Å². The van der Waals surface area contributed by atoms with Crippen LogP contribution in [0.4, 0.5) is 0 Å². The summed E-state index contributed by atoms with van der Waals surface area (Å²) in [5, 5.41) is 1.52. The van der Waals surface area contributed by atoms with Gasteiger partial charge in [-0.3, -0.25) is 33.8 Å². The van der Waals surface area contributed by atoms with Crippen molar-refractivity contribution in [1.29, 1.82) is 0 Å². The summed E-state index contributed by atoms with van der Waals surface area (Å²) in [5.41, 5.74) is 1.57. The summed E-state index contributed by atoms with van der Waals surface area (Å²) in [7, 11) is 0. The molecule has 153 valence electrons. The van der Waals surface area contributed by atoms with E-state index in [1.54, 1.807) is 55.5 Å². The maximum absolute atomic E-state index is 12.5. The first-order valence-corrected chi connectivity index (χ1v) is 9.63. The first kappa shape index (κ1) is 19.9. The maximum atomic E-state index is 12.5. The molecule has 2 aliphatic heterocycles. The second kappa shape index (κ2) is 8.17. The van der Waals surface area contributed by atoms with Crippen LogP contribution in [0.5, 0.6) is 0 Å². The predicted octanol–water partition coefficient (Wildman–Crippen LogP) is 1.99. The lowest BCUT2D eigenvalue weighted by atomic mass is 10.1. The van der Waals surface area contributed by atoms with Gasteiger partial charge in [0.15, 0.2) is 0 Å². The molecule has 0 unspecified atom stereocenters. The fourth-order valence-electron chi connectivity index (χ4n) is 3.67. The second-order valence-electron chi connectivity index (χ2n) is 6.89. The molecule has 0 spiro atoms. The highest BCUT2D eigenvalue weighted by Crippen LogP contribution is 2.23. The lowest BCUT2D eigenvalue weighted by molar-refractivity contribution is -0.126. The van der Waals surface area contributed by atoms with E-state index >= 15 is 0 Å². The molecule has 8 heteroatoms. The highest BCUT2D eigenvalue weighted by atomic mass is 16.7. The molecule has 30 heavy (non-hydrogen) atoms. The van der Waals surface area contributed by atoms with Crippen molar-refractivity contribution in [3.8, 4) is 0 Å². The number of carbonyl (C=O) groups is 4. The zero-order valence-electron chi connectivity index (χ0n) is 16.4. The van der Waals surface area contributed by atoms with Crippen LogP contribution >= 0.6 is 0 Å². The van der Waals surface area contributed by atoms with Crippen LogP contribution in [0.2, 0.25) is 0 Å². The summed E-state index contributed by atoms with van der Waals surface area (Å²) in [6.45, 7) is 3.88. The van der Waals surface area contributed by atoms with Crippen LogP contribution in [0, 0.1) is 6.61 Å². The van der Waals surface area contributed by atoms with Gasteiger partial charge in [0.2, 0.25) is 0 Å². The molecule has 0 fully saturated rings. The molecule has 8 nitrogen and oxygen atoms in total. The summed E-state index contributed by atoms with van der Waals surface area (Å²) >= 11 is 0. The number of benzene rings is 2. The van der Waals surface area contributed by atoms with Gasteiger partial charge in [-0.1, -0.05) is 24.3 Å². The van der Waals surface area contributed by atoms with Crippen LogP contribution in [-0.2, 0) is 4.84 Å². The van der Waals surface area contributed by atoms with Crippen molar-refractivity contribution in [3.05, 3.63) is 77.4 Å². The van der Waals surface area contributed by atoms with Crippen LogP contribution in [0.15, 0.2) is 48.5 Å². The van der Waals surface area contributed by atoms with Crippen molar-refractivity contribution in [3.63, 3.8) is 0 Å². The number of fused-ring (bicyclic) bond motifs is 2. The standard InChI is InChI=1S/C22H20N3O5/c1-2-30-23(11-13-24-19(26)15-7-3-4-8-16(15)20(24)27)12-14-25-21(28)17-9-5-6-10-18(17)22(25)29/h2-10H,11-14H2,1H3. The van der Waals surface area contributed by atoms with Crippen molar-refractivity contribution in [2.45, 2.75) is 6.92 Å². The summed E-state index contributed by atoms with van der Waals surface area (Å²) in [4.78, 5) is 57.8. The molecule has 0 saturated heterocycles. The Kier molecular flexibility index (Phi) is 5.43. The van der Waals surface area contributed by atoms with Crippen LogP contribution in [0.25, 0.3) is 0 Å². The van der Waals surface area contributed by atoms with Crippen molar-refractivity contribution < 1.29 is 24.0 Å². The minimum Gasteiger partial charge on any atom is -0.293 e. The van der Waals surface area contributed by atoms with Gasteiger partial charge in [-0.15, -0.1) is 0 Å². The average Bonchev–Trinajstić information content (AvgIpc) is 3.15. The smallest absolute Gasteiger partial charge is 0.261 e. The molecular weight excluding hydrogens is 386 g/mol. The number of rotatable bonds is 8. The molecule has 0 aliphatic carbocycles. The molecule has 2 aromatic rings. The Balaban J connectivity index is 1.38. The van der Waals surface area contributed by atoms with Crippen molar-refractivity contribution in [2.75, 3.05) is 26.2 Å². The Labute approximate surface area is 173 Å². The number of hydroxylamine groups is 2. The van der Waals surface area contributed by atoms with E-state index in [0.29, 0.717) is 22.3 Å². The van der Waals surface area contributed by atoms with E-state index in [1.165, 1.54) is 21.5 Å². The van der Waals surface area contributed by atoms with E-state index in [2.05, 4.69) is 0 Å². The molecule has 4 rings (SSSR count). The molecule has 2 aliphatic rings. The number of hydrogen-bond donors (Lipinski definition) is 0.